The summed E-state index contributed by atoms with van der Waals surface area (Å²) in [7, 11) is 4.39. The Morgan fingerprint density at radius 1 is 1.17 bits per heavy atom. The standard InChI is InChI=1S/C15H33N3/c1-14(2,3)16-11-15(4,5)12-18-9-8-13(10-18)17(6)7/h13,16H,8-12H2,1-7H3. The van der Waals surface area contributed by atoms with Crippen LogP contribution in [0.1, 0.15) is 41.0 Å². The maximum atomic E-state index is 3.63. The van der Waals surface area contributed by atoms with E-state index in [0.717, 1.165) is 12.6 Å². The SMILES string of the molecule is CN(C)C1CCN(CC(C)(C)CNC(C)(C)C)C1. The molecule has 0 aromatic rings. The summed E-state index contributed by atoms with van der Waals surface area (Å²) in [5, 5.41) is 3.63. The van der Waals surface area contributed by atoms with Gasteiger partial charge in [-0.05, 0) is 53.2 Å². The van der Waals surface area contributed by atoms with E-state index in [9.17, 15) is 0 Å². The van der Waals surface area contributed by atoms with Crippen molar-refractivity contribution in [3.63, 3.8) is 0 Å². The van der Waals surface area contributed by atoms with Crippen LogP contribution in [-0.2, 0) is 0 Å². The van der Waals surface area contributed by atoms with Gasteiger partial charge in [0.05, 0.1) is 0 Å². The highest BCUT2D eigenvalue weighted by Gasteiger charge is 2.29. The Bertz CT molecular complexity index is 253. The maximum absolute atomic E-state index is 3.63. The molecule has 0 aromatic heterocycles. The highest BCUT2D eigenvalue weighted by Crippen LogP contribution is 2.21. The summed E-state index contributed by atoms with van der Waals surface area (Å²) in [6.45, 7) is 16.2. The maximum Gasteiger partial charge on any atom is 0.0229 e. The fourth-order valence-corrected chi connectivity index (χ4v) is 2.54. The van der Waals surface area contributed by atoms with Gasteiger partial charge in [0.25, 0.3) is 0 Å². The average Bonchev–Trinajstić information content (AvgIpc) is 2.62. The van der Waals surface area contributed by atoms with E-state index in [0.29, 0.717) is 5.41 Å². The van der Waals surface area contributed by atoms with E-state index in [4.69, 9.17) is 0 Å². The fraction of sp³-hybridized carbons (Fsp3) is 1.00. The summed E-state index contributed by atoms with van der Waals surface area (Å²) in [4.78, 5) is 4.98. The average molecular weight is 255 g/mol. The lowest BCUT2D eigenvalue weighted by molar-refractivity contribution is 0.180. The van der Waals surface area contributed by atoms with Crippen LogP contribution in [0, 0.1) is 5.41 Å². The molecule has 1 unspecified atom stereocenters. The molecule has 3 heteroatoms. The van der Waals surface area contributed by atoms with Gasteiger partial charge in [-0.25, -0.2) is 0 Å². The first-order chi connectivity index (χ1) is 8.09. The minimum absolute atomic E-state index is 0.217. The van der Waals surface area contributed by atoms with Gasteiger partial charge in [-0.1, -0.05) is 13.8 Å². The fourth-order valence-electron chi connectivity index (χ4n) is 2.54. The van der Waals surface area contributed by atoms with Crippen molar-refractivity contribution in [1.82, 2.24) is 15.1 Å². The molecule has 1 N–H and O–H groups in total. The predicted molar refractivity (Wildman–Crippen MR) is 80.1 cm³/mol. The molecule has 0 radical (unpaired) electrons. The lowest BCUT2D eigenvalue weighted by Crippen LogP contribution is -2.46. The van der Waals surface area contributed by atoms with Gasteiger partial charge in [0.1, 0.15) is 0 Å². The second-order valence-corrected chi connectivity index (χ2v) is 7.91. The quantitative estimate of drug-likeness (QED) is 0.811. The van der Waals surface area contributed by atoms with E-state index >= 15 is 0 Å². The van der Waals surface area contributed by atoms with Crippen LogP contribution >= 0.6 is 0 Å². The third kappa shape index (κ3) is 5.68. The number of nitrogens with one attached hydrogen (secondary N) is 1. The molecule has 0 bridgehead atoms. The zero-order chi connectivity index (χ0) is 14.0. The minimum atomic E-state index is 0.217. The summed E-state index contributed by atoms with van der Waals surface area (Å²) in [6.07, 6.45) is 1.32. The highest BCUT2D eigenvalue weighted by atomic mass is 15.2. The Balaban J connectivity index is 2.37. The lowest BCUT2D eigenvalue weighted by Gasteiger charge is -2.34. The van der Waals surface area contributed by atoms with Crippen molar-refractivity contribution in [2.75, 3.05) is 40.3 Å². The normalized spacial score (nSPS) is 23.0. The lowest BCUT2D eigenvalue weighted by atomic mass is 9.91. The Kier molecular flexibility index (Phi) is 5.22. The van der Waals surface area contributed by atoms with Gasteiger partial charge in [-0.3, -0.25) is 0 Å². The molecule has 0 spiro atoms. The Morgan fingerprint density at radius 3 is 2.22 bits per heavy atom. The smallest absolute Gasteiger partial charge is 0.0229 e. The van der Waals surface area contributed by atoms with Crippen LogP contribution in [0.15, 0.2) is 0 Å². The molecule has 1 aliphatic heterocycles. The van der Waals surface area contributed by atoms with E-state index in [2.05, 4.69) is 63.8 Å². The largest absolute Gasteiger partial charge is 0.311 e. The van der Waals surface area contributed by atoms with Gasteiger partial charge >= 0.3 is 0 Å². The van der Waals surface area contributed by atoms with E-state index in [1.54, 1.807) is 0 Å². The van der Waals surface area contributed by atoms with Crippen molar-refractivity contribution in [2.24, 2.45) is 5.41 Å². The first-order valence-corrected chi connectivity index (χ1v) is 7.23. The molecule has 0 amide bonds. The van der Waals surface area contributed by atoms with Crippen LogP contribution in [-0.4, -0.2) is 61.7 Å². The summed E-state index contributed by atoms with van der Waals surface area (Å²) >= 11 is 0. The molecule has 108 valence electrons. The predicted octanol–water partition coefficient (Wildman–Crippen LogP) is 2.04. The topological polar surface area (TPSA) is 18.5 Å². The second-order valence-electron chi connectivity index (χ2n) is 7.91. The third-order valence-corrected chi connectivity index (χ3v) is 3.73. The van der Waals surface area contributed by atoms with Gasteiger partial charge < -0.3 is 15.1 Å². The molecule has 1 saturated heterocycles. The van der Waals surface area contributed by atoms with Crippen LogP contribution in [0.4, 0.5) is 0 Å². The molecule has 1 rings (SSSR count). The third-order valence-electron chi connectivity index (χ3n) is 3.73. The number of nitrogens with zero attached hydrogens (tertiary/aromatic N) is 2. The van der Waals surface area contributed by atoms with E-state index in [-0.39, 0.29) is 5.54 Å². The van der Waals surface area contributed by atoms with Crippen molar-refractivity contribution in [1.29, 1.82) is 0 Å². The molecule has 18 heavy (non-hydrogen) atoms. The molecule has 3 nitrogen and oxygen atoms in total. The van der Waals surface area contributed by atoms with Gasteiger partial charge in [0.15, 0.2) is 0 Å². The van der Waals surface area contributed by atoms with E-state index in [1.807, 2.05) is 0 Å². The highest BCUT2D eigenvalue weighted by molar-refractivity contribution is 4.86. The molecular weight excluding hydrogens is 222 g/mol. The summed E-state index contributed by atoms with van der Waals surface area (Å²) in [5.74, 6) is 0. The molecule has 0 aliphatic carbocycles. The molecule has 1 aliphatic rings. The Labute approximate surface area is 114 Å². The van der Waals surface area contributed by atoms with Crippen molar-refractivity contribution < 1.29 is 0 Å². The first-order valence-electron chi connectivity index (χ1n) is 7.23. The van der Waals surface area contributed by atoms with E-state index < -0.39 is 0 Å². The molecule has 0 saturated carbocycles. The van der Waals surface area contributed by atoms with Gasteiger partial charge in [0, 0.05) is 31.2 Å². The van der Waals surface area contributed by atoms with Crippen molar-refractivity contribution in [2.45, 2.75) is 52.6 Å². The number of rotatable bonds is 5. The van der Waals surface area contributed by atoms with Crippen molar-refractivity contribution in [3.05, 3.63) is 0 Å². The monoisotopic (exact) mass is 255 g/mol. The van der Waals surface area contributed by atoms with Crippen LogP contribution in [0.5, 0.6) is 0 Å². The number of hydrogen-bond donors (Lipinski definition) is 1. The first kappa shape index (κ1) is 15.9. The molecule has 1 fully saturated rings. The molecular formula is C15H33N3. The summed E-state index contributed by atoms with van der Waals surface area (Å²) in [5.41, 5.74) is 0.558. The Hall–Kier alpha value is -0.120. The second kappa shape index (κ2) is 5.89. The molecule has 0 aromatic carbocycles. The molecule has 1 atom stereocenters. The zero-order valence-electron chi connectivity index (χ0n) is 13.5. The number of hydrogen-bond acceptors (Lipinski definition) is 3. The minimum Gasteiger partial charge on any atom is -0.311 e. The van der Waals surface area contributed by atoms with Crippen LogP contribution in [0.25, 0.3) is 0 Å². The molecule has 1 heterocycles. The zero-order valence-corrected chi connectivity index (χ0v) is 13.5. The Morgan fingerprint density at radius 2 is 1.78 bits per heavy atom. The van der Waals surface area contributed by atoms with Gasteiger partial charge in [-0.15, -0.1) is 0 Å². The summed E-state index contributed by atoms with van der Waals surface area (Å²) in [6, 6.07) is 0.747. The summed E-state index contributed by atoms with van der Waals surface area (Å²) < 4.78 is 0. The van der Waals surface area contributed by atoms with Crippen LogP contribution in [0.2, 0.25) is 0 Å². The van der Waals surface area contributed by atoms with E-state index in [1.165, 1.54) is 26.1 Å². The number of likely N-dealkylation sites (tertiary alicyclic amines) is 1. The van der Waals surface area contributed by atoms with Gasteiger partial charge in [-0.2, -0.15) is 0 Å². The number of likely N-dealkylation sites (N-methyl/N-ethyl adjacent to an activating group) is 1. The van der Waals surface area contributed by atoms with Crippen LogP contribution < -0.4 is 5.32 Å². The van der Waals surface area contributed by atoms with Gasteiger partial charge in [0.2, 0.25) is 0 Å². The van der Waals surface area contributed by atoms with Crippen molar-refractivity contribution in [3.8, 4) is 0 Å². The van der Waals surface area contributed by atoms with Crippen LogP contribution in [0.3, 0.4) is 0 Å². The van der Waals surface area contributed by atoms with Crippen molar-refractivity contribution >= 4 is 0 Å².